The summed E-state index contributed by atoms with van der Waals surface area (Å²) < 4.78 is 27.7. The minimum absolute atomic E-state index is 0.203. The molecule has 0 spiro atoms. The molecule has 0 aromatic heterocycles. The Morgan fingerprint density at radius 3 is 2.46 bits per heavy atom. The van der Waals surface area contributed by atoms with Crippen LogP contribution in [0.1, 0.15) is 17.5 Å². The van der Waals surface area contributed by atoms with Gasteiger partial charge in [0.2, 0.25) is 10.0 Å². The molecule has 1 aliphatic rings. The zero-order valence-electron chi connectivity index (χ0n) is 15.5. The van der Waals surface area contributed by atoms with Gasteiger partial charge in [-0.05, 0) is 43.1 Å². The van der Waals surface area contributed by atoms with Crippen molar-refractivity contribution in [2.75, 3.05) is 26.2 Å². The predicted molar refractivity (Wildman–Crippen MR) is 108 cm³/mol. The maximum absolute atomic E-state index is 13.2. The van der Waals surface area contributed by atoms with E-state index < -0.39 is 14.9 Å². The Balaban J connectivity index is 1.78. The van der Waals surface area contributed by atoms with Gasteiger partial charge in [0.25, 0.3) is 5.69 Å². The summed E-state index contributed by atoms with van der Waals surface area (Å²) in [7, 11) is -3.95. The zero-order chi connectivity index (χ0) is 20.3. The predicted octanol–water partition coefficient (Wildman–Crippen LogP) is 3.45. The van der Waals surface area contributed by atoms with E-state index in [4.69, 9.17) is 11.6 Å². The number of aryl methyl sites for hydroxylation is 1. The lowest BCUT2D eigenvalue weighted by molar-refractivity contribution is -0.387. The Labute approximate surface area is 169 Å². The fourth-order valence-corrected chi connectivity index (χ4v) is 5.40. The monoisotopic (exact) mass is 423 g/mol. The van der Waals surface area contributed by atoms with E-state index in [0.717, 1.165) is 12.1 Å². The Bertz CT molecular complexity index is 964. The van der Waals surface area contributed by atoms with Gasteiger partial charge in [-0.2, -0.15) is 4.31 Å². The number of nitrogens with zero attached hydrogens (tertiary/aromatic N) is 3. The summed E-state index contributed by atoms with van der Waals surface area (Å²) in [6, 6.07) is 11.9. The smallest absolute Gasteiger partial charge is 0.289 e. The second-order valence-corrected chi connectivity index (χ2v) is 9.15. The summed E-state index contributed by atoms with van der Waals surface area (Å²) >= 11 is 5.92. The Hall–Kier alpha value is -2.00. The van der Waals surface area contributed by atoms with Crippen molar-refractivity contribution in [2.45, 2.75) is 24.8 Å². The summed E-state index contributed by atoms with van der Waals surface area (Å²) in [4.78, 5) is 12.7. The van der Waals surface area contributed by atoms with Crippen LogP contribution >= 0.6 is 11.6 Å². The molecule has 0 aliphatic carbocycles. The molecule has 0 bridgehead atoms. The number of nitro benzene ring substituents is 1. The third kappa shape index (κ3) is 4.52. The molecule has 0 amide bonds. The molecule has 0 N–H and O–H groups in total. The number of nitro groups is 1. The van der Waals surface area contributed by atoms with E-state index in [1.54, 1.807) is 13.0 Å². The van der Waals surface area contributed by atoms with E-state index in [-0.39, 0.29) is 10.6 Å². The molecular weight excluding hydrogens is 402 g/mol. The maximum Gasteiger partial charge on any atom is 0.289 e. The van der Waals surface area contributed by atoms with Crippen LogP contribution in [0.25, 0.3) is 0 Å². The molecule has 2 aromatic carbocycles. The maximum atomic E-state index is 13.2. The normalized spacial score (nSPS) is 16.6. The van der Waals surface area contributed by atoms with Gasteiger partial charge < -0.3 is 0 Å². The molecule has 0 radical (unpaired) electrons. The van der Waals surface area contributed by atoms with Crippen LogP contribution in [0.15, 0.2) is 47.4 Å². The second kappa shape index (κ2) is 8.57. The first-order chi connectivity index (χ1) is 13.3. The number of hydrogen-bond donors (Lipinski definition) is 0. The van der Waals surface area contributed by atoms with Gasteiger partial charge in [0.1, 0.15) is 0 Å². The number of benzene rings is 2. The molecule has 1 fully saturated rings. The fraction of sp³-hybridized carbons (Fsp3) is 0.368. The van der Waals surface area contributed by atoms with Crippen molar-refractivity contribution < 1.29 is 13.3 Å². The second-order valence-electron chi connectivity index (χ2n) is 6.84. The van der Waals surface area contributed by atoms with E-state index in [2.05, 4.69) is 4.90 Å². The van der Waals surface area contributed by atoms with E-state index in [0.29, 0.717) is 43.2 Å². The van der Waals surface area contributed by atoms with Crippen LogP contribution in [-0.4, -0.2) is 48.7 Å². The first-order valence-electron chi connectivity index (χ1n) is 9.00. The number of halogens is 1. The molecule has 0 unspecified atom stereocenters. The van der Waals surface area contributed by atoms with Crippen molar-refractivity contribution in [1.29, 1.82) is 0 Å². The van der Waals surface area contributed by atoms with Crippen molar-refractivity contribution in [3.63, 3.8) is 0 Å². The lowest BCUT2D eigenvalue weighted by Gasteiger charge is -2.22. The quantitative estimate of drug-likeness (QED) is 0.543. The zero-order valence-corrected chi connectivity index (χ0v) is 17.1. The minimum atomic E-state index is -3.95. The third-order valence-corrected chi connectivity index (χ3v) is 7.20. The molecule has 3 rings (SSSR count). The minimum Gasteiger partial charge on any atom is -0.298 e. The highest BCUT2D eigenvalue weighted by Gasteiger charge is 2.34. The molecule has 0 saturated carbocycles. The number of hydrogen-bond acceptors (Lipinski definition) is 5. The van der Waals surface area contributed by atoms with Crippen LogP contribution in [0.5, 0.6) is 0 Å². The van der Waals surface area contributed by atoms with E-state index >= 15 is 0 Å². The first-order valence-corrected chi connectivity index (χ1v) is 10.8. The Morgan fingerprint density at radius 1 is 1.07 bits per heavy atom. The molecule has 0 atom stereocenters. The highest BCUT2D eigenvalue weighted by Crippen LogP contribution is 2.30. The van der Waals surface area contributed by atoms with E-state index in [1.165, 1.54) is 16.4 Å². The molecular formula is C19H22ClN3O4S. The highest BCUT2D eigenvalue weighted by atomic mass is 35.5. The van der Waals surface area contributed by atoms with Gasteiger partial charge in [-0.3, -0.25) is 15.0 Å². The lowest BCUT2D eigenvalue weighted by Crippen LogP contribution is -2.35. The average Bonchev–Trinajstić information content (AvgIpc) is 2.89. The van der Waals surface area contributed by atoms with Crippen LogP contribution in [-0.2, 0) is 16.6 Å². The average molecular weight is 424 g/mol. The molecule has 7 nitrogen and oxygen atoms in total. The summed E-state index contributed by atoms with van der Waals surface area (Å²) in [6.07, 6.45) is 0.659. The first kappa shape index (κ1) is 20.7. The van der Waals surface area contributed by atoms with Gasteiger partial charge in [0, 0.05) is 37.3 Å². The van der Waals surface area contributed by atoms with Crippen LogP contribution in [0.4, 0.5) is 5.69 Å². The molecule has 9 heteroatoms. The van der Waals surface area contributed by atoms with Crippen molar-refractivity contribution in [2.24, 2.45) is 0 Å². The SMILES string of the molecule is Cc1cccc([N+](=O)[O-])c1S(=O)(=O)N1CCCN(Cc2ccc(Cl)cc2)CC1. The van der Waals surface area contributed by atoms with Crippen molar-refractivity contribution in [3.05, 3.63) is 68.7 Å². The van der Waals surface area contributed by atoms with Crippen molar-refractivity contribution >= 4 is 27.3 Å². The van der Waals surface area contributed by atoms with E-state index in [1.807, 2.05) is 24.3 Å². The summed E-state index contributed by atoms with van der Waals surface area (Å²) in [6.45, 7) is 4.23. The molecule has 28 heavy (non-hydrogen) atoms. The standard InChI is InChI=1S/C19H22ClN3O4S/c1-15-4-2-5-18(23(24)25)19(15)28(26,27)22-11-3-10-21(12-13-22)14-16-6-8-17(20)9-7-16/h2,4-9H,3,10-14H2,1H3. The summed E-state index contributed by atoms with van der Waals surface area (Å²) in [5.41, 5.74) is 1.12. The van der Waals surface area contributed by atoms with Crippen molar-refractivity contribution in [3.8, 4) is 0 Å². The van der Waals surface area contributed by atoms with Gasteiger partial charge in [-0.25, -0.2) is 8.42 Å². The van der Waals surface area contributed by atoms with Gasteiger partial charge in [0.15, 0.2) is 4.90 Å². The summed E-state index contributed by atoms with van der Waals surface area (Å²) in [5.74, 6) is 0. The van der Waals surface area contributed by atoms with E-state index in [9.17, 15) is 18.5 Å². The molecule has 1 heterocycles. The van der Waals surface area contributed by atoms with Crippen LogP contribution in [0.3, 0.4) is 0 Å². The number of rotatable bonds is 5. The summed E-state index contributed by atoms with van der Waals surface area (Å²) in [5, 5.41) is 12.0. The third-order valence-electron chi connectivity index (χ3n) is 4.85. The van der Waals surface area contributed by atoms with Gasteiger partial charge >= 0.3 is 0 Å². The van der Waals surface area contributed by atoms with Crippen LogP contribution in [0.2, 0.25) is 5.02 Å². The highest BCUT2D eigenvalue weighted by molar-refractivity contribution is 7.89. The molecule has 2 aromatic rings. The van der Waals surface area contributed by atoms with Gasteiger partial charge in [0.05, 0.1) is 4.92 Å². The van der Waals surface area contributed by atoms with Crippen LogP contribution in [0, 0.1) is 17.0 Å². The fourth-order valence-electron chi connectivity index (χ4n) is 3.44. The lowest BCUT2D eigenvalue weighted by atomic mass is 10.2. The molecule has 1 saturated heterocycles. The van der Waals surface area contributed by atoms with Gasteiger partial charge in [-0.1, -0.05) is 35.9 Å². The van der Waals surface area contributed by atoms with Gasteiger partial charge in [-0.15, -0.1) is 0 Å². The van der Waals surface area contributed by atoms with Crippen molar-refractivity contribution in [1.82, 2.24) is 9.21 Å². The van der Waals surface area contributed by atoms with Crippen LogP contribution < -0.4 is 0 Å². The topological polar surface area (TPSA) is 83.8 Å². The Kier molecular flexibility index (Phi) is 6.34. The molecule has 1 aliphatic heterocycles. The Morgan fingerprint density at radius 2 is 1.79 bits per heavy atom. The number of sulfonamides is 1. The molecule has 150 valence electrons. The largest absolute Gasteiger partial charge is 0.298 e.